The molecular formula is C30H32N2O4. The van der Waals surface area contributed by atoms with Crippen LogP contribution in [0.1, 0.15) is 41.5 Å². The number of hydrogen-bond donors (Lipinski definition) is 2. The van der Waals surface area contributed by atoms with Crippen LogP contribution in [-0.4, -0.2) is 69.8 Å². The van der Waals surface area contributed by atoms with E-state index in [0.29, 0.717) is 38.0 Å². The van der Waals surface area contributed by atoms with Gasteiger partial charge in [-0.2, -0.15) is 0 Å². The smallest absolute Gasteiger partial charge is 0.298 e. The van der Waals surface area contributed by atoms with Crippen molar-refractivity contribution < 1.29 is 19.7 Å². The van der Waals surface area contributed by atoms with Crippen LogP contribution in [0.25, 0.3) is 0 Å². The van der Waals surface area contributed by atoms with E-state index in [2.05, 4.69) is 23.3 Å². The Labute approximate surface area is 212 Å². The van der Waals surface area contributed by atoms with Crippen molar-refractivity contribution in [3.63, 3.8) is 0 Å². The van der Waals surface area contributed by atoms with E-state index in [9.17, 15) is 15.0 Å². The summed E-state index contributed by atoms with van der Waals surface area (Å²) in [7, 11) is 1.76. The SMILES string of the molecule is C=CCN1CC[C@]23c4c5ccc(O)c4O[C@H]2CC[C@H](N(C)C(=O)C#Cc2cccc(C)c2)[C@@]3(O)[C@H]1C5. The van der Waals surface area contributed by atoms with Crippen LogP contribution in [0.15, 0.2) is 49.1 Å². The number of ether oxygens (including phenoxy) is 1. The quantitative estimate of drug-likeness (QED) is 0.518. The lowest BCUT2D eigenvalue weighted by Crippen LogP contribution is -2.81. The maximum absolute atomic E-state index is 13.4. The lowest BCUT2D eigenvalue weighted by Gasteiger charge is -2.66. The molecular weight excluding hydrogens is 452 g/mol. The monoisotopic (exact) mass is 484 g/mol. The number of phenols is 1. The van der Waals surface area contributed by atoms with Gasteiger partial charge in [0.15, 0.2) is 11.5 Å². The van der Waals surface area contributed by atoms with E-state index in [1.54, 1.807) is 18.0 Å². The molecule has 1 saturated heterocycles. The van der Waals surface area contributed by atoms with Gasteiger partial charge in [0.1, 0.15) is 11.7 Å². The maximum Gasteiger partial charge on any atom is 0.298 e. The number of carbonyl (C=O) groups excluding carboxylic acids is 1. The van der Waals surface area contributed by atoms with Crippen LogP contribution in [0, 0.1) is 18.8 Å². The number of phenolic OH excluding ortho intramolecular Hbond substituents is 1. The standard InChI is InChI=1S/C30H32N2O4/c1-4-15-32-16-14-29-25-12-11-23(31(3)26(34)13-8-20-7-5-6-19(2)17-20)30(29,35)24(32)18-21-9-10-22(33)28(36-25)27(21)29/h4-7,9-10,17,23-25,33,35H,1,11-12,14-16,18H2,2-3H3/t23-,24+,25-,29+,30+/m0/s1. The molecule has 2 aromatic carbocycles. The van der Waals surface area contributed by atoms with Crippen LogP contribution in [0.5, 0.6) is 11.5 Å². The van der Waals surface area contributed by atoms with Gasteiger partial charge in [0.05, 0.1) is 11.5 Å². The normalized spacial score (nSPS) is 31.5. The number of aromatic hydroxyl groups is 1. The molecule has 2 aliphatic carbocycles. The molecule has 4 aliphatic rings. The van der Waals surface area contributed by atoms with E-state index < -0.39 is 17.1 Å². The first-order chi connectivity index (χ1) is 17.3. The van der Waals surface area contributed by atoms with E-state index in [0.717, 1.165) is 28.8 Å². The molecule has 0 unspecified atom stereocenters. The summed E-state index contributed by atoms with van der Waals surface area (Å²) in [5.41, 5.74) is 2.01. The van der Waals surface area contributed by atoms with Crippen molar-refractivity contribution in [2.45, 2.75) is 61.8 Å². The van der Waals surface area contributed by atoms with Crippen LogP contribution < -0.4 is 4.74 Å². The lowest BCUT2D eigenvalue weighted by atomic mass is 9.47. The van der Waals surface area contributed by atoms with Gasteiger partial charge in [-0.25, -0.2) is 0 Å². The van der Waals surface area contributed by atoms with Gasteiger partial charge in [0, 0.05) is 36.7 Å². The van der Waals surface area contributed by atoms with Crippen molar-refractivity contribution in [3.8, 4) is 23.3 Å². The Kier molecular flexibility index (Phi) is 5.22. The van der Waals surface area contributed by atoms with Gasteiger partial charge in [-0.3, -0.25) is 9.69 Å². The van der Waals surface area contributed by atoms with Crippen LogP contribution >= 0.6 is 0 Å². The third-order valence-corrected chi connectivity index (χ3v) is 9.04. The number of hydrogen-bond acceptors (Lipinski definition) is 5. The molecule has 2 bridgehead atoms. The number of piperidine rings is 1. The highest BCUT2D eigenvalue weighted by Gasteiger charge is 2.74. The van der Waals surface area contributed by atoms with Crippen LogP contribution in [0.4, 0.5) is 0 Å². The summed E-state index contributed by atoms with van der Waals surface area (Å²) in [6.45, 7) is 7.40. The molecule has 5 atom stereocenters. The van der Waals surface area contributed by atoms with Crippen LogP contribution in [0.3, 0.4) is 0 Å². The van der Waals surface area contributed by atoms with Gasteiger partial charge < -0.3 is 19.8 Å². The van der Waals surface area contributed by atoms with Gasteiger partial charge in [-0.05, 0) is 68.5 Å². The summed E-state index contributed by atoms with van der Waals surface area (Å²) in [5, 5.41) is 23.6. The molecule has 0 radical (unpaired) electrons. The summed E-state index contributed by atoms with van der Waals surface area (Å²) in [6, 6.07) is 10.8. The highest BCUT2D eigenvalue weighted by atomic mass is 16.5. The van der Waals surface area contributed by atoms with Gasteiger partial charge in [0.2, 0.25) is 0 Å². The number of rotatable bonds is 3. The Bertz CT molecular complexity index is 1330. The molecule has 1 spiro atoms. The predicted molar refractivity (Wildman–Crippen MR) is 137 cm³/mol. The lowest BCUT2D eigenvalue weighted by molar-refractivity contribution is -0.215. The summed E-state index contributed by atoms with van der Waals surface area (Å²) >= 11 is 0. The molecule has 1 saturated carbocycles. The fourth-order valence-corrected chi connectivity index (χ4v) is 7.59. The summed E-state index contributed by atoms with van der Waals surface area (Å²) in [4.78, 5) is 17.3. The predicted octanol–water partition coefficient (Wildman–Crippen LogP) is 2.92. The molecule has 6 rings (SSSR count). The Morgan fingerprint density at radius 3 is 2.94 bits per heavy atom. The van der Waals surface area contributed by atoms with Crippen molar-refractivity contribution in [3.05, 3.63) is 71.3 Å². The average Bonchev–Trinajstić information content (AvgIpc) is 3.20. The first-order valence-electron chi connectivity index (χ1n) is 12.8. The van der Waals surface area contributed by atoms with Gasteiger partial charge in [0.25, 0.3) is 5.91 Å². The zero-order valence-electron chi connectivity index (χ0n) is 20.8. The summed E-state index contributed by atoms with van der Waals surface area (Å²) < 4.78 is 6.39. The van der Waals surface area contributed by atoms with Crippen molar-refractivity contribution in [2.75, 3.05) is 20.1 Å². The van der Waals surface area contributed by atoms with E-state index in [4.69, 9.17) is 4.74 Å². The minimum Gasteiger partial charge on any atom is -0.504 e. The second kappa shape index (κ2) is 8.12. The molecule has 0 aromatic heterocycles. The fourth-order valence-electron chi connectivity index (χ4n) is 7.59. The molecule has 2 heterocycles. The number of aliphatic hydroxyl groups is 1. The fraction of sp³-hybridized carbons (Fsp3) is 0.433. The second-order valence-corrected chi connectivity index (χ2v) is 10.7. The Balaban J connectivity index is 1.44. The Hall–Kier alpha value is -3.27. The molecule has 6 nitrogen and oxygen atoms in total. The first kappa shape index (κ1) is 23.1. The van der Waals surface area contributed by atoms with Crippen molar-refractivity contribution in [1.82, 2.24) is 9.80 Å². The number of likely N-dealkylation sites (N-methyl/N-ethyl adjacent to an activating group) is 1. The molecule has 2 aromatic rings. The number of likely N-dealkylation sites (tertiary alicyclic amines) is 1. The molecule has 2 aliphatic heterocycles. The zero-order chi connectivity index (χ0) is 25.2. The maximum atomic E-state index is 13.4. The third-order valence-electron chi connectivity index (χ3n) is 9.04. The number of benzene rings is 2. The third kappa shape index (κ3) is 2.96. The average molecular weight is 485 g/mol. The second-order valence-electron chi connectivity index (χ2n) is 10.7. The molecule has 2 N–H and O–H groups in total. The molecule has 36 heavy (non-hydrogen) atoms. The molecule has 1 amide bonds. The summed E-state index contributed by atoms with van der Waals surface area (Å²) in [5.74, 6) is 6.15. The highest BCUT2D eigenvalue weighted by Crippen LogP contribution is 2.65. The number of carbonyl (C=O) groups is 1. The van der Waals surface area contributed by atoms with Crippen molar-refractivity contribution in [2.24, 2.45) is 0 Å². The Morgan fingerprint density at radius 1 is 1.33 bits per heavy atom. The Morgan fingerprint density at radius 2 is 2.17 bits per heavy atom. The van der Waals surface area contributed by atoms with E-state index in [1.165, 1.54) is 0 Å². The number of aryl methyl sites for hydroxylation is 1. The minimum absolute atomic E-state index is 0.122. The van der Waals surface area contributed by atoms with E-state index in [-0.39, 0.29) is 23.8 Å². The molecule has 6 heteroatoms. The number of amides is 1. The first-order valence-corrected chi connectivity index (χ1v) is 12.8. The van der Waals surface area contributed by atoms with Gasteiger partial charge >= 0.3 is 0 Å². The van der Waals surface area contributed by atoms with Crippen LogP contribution in [-0.2, 0) is 16.6 Å². The van der Waals surface area contributed by atoms with E-state index in [1.807, 2.05) is 43.3 Å². The zero-order valence-corrected chi connectivity index (χ0v) is 20.8. The molecule has 2 fully saturated rings. The van der Waals surface area contributed by atoms with Crippen LogP contribution in [0.2, 0.25) is 0 Å². The molecule has 186 valence electrons. The highest BCUT2D eigenvalue weighted by molar-refractivity contribution is 5.94. The minimum atomic E-state index is -1.25. The summed E-state index contributed by atoms with van der Waals surface area (Å²) in [6.07, 6.45) is 4.24. The topological polar surface area (TPSA) is 73.2 Å². The van der Waals surface area contributed by atoms with Gasteiger partial charge in [-0.15, -0.1) is 6.58 Å². The van der Waals surface area contributed by atoms with Gasteiger partial charge in [-0.1, -0.05) is 30.2 Å². The van der Waals surface area contributed by atoms with E-state index >= 15 is 0 Å². The van der Waals surface area contributed by atoms with Crippen molar-refractivity contribution >= 4 is 5.91 Å². The number of nitrogens with zero attached hydrogens (tertiary/aromatic N) is 2. The largest absolute Gasteiger partial charge is 0.504 e. The van der Waals surface area contributed by atoms with Crippen molar-refractivity contribution in [1.29, 1.82) is 0 Å².